The van der Waals surface area contributed by atoms with Crippen LogP contribution in [0.2, 0.25) is 0 Å². The molecule has 1 aliphatic rings. The van der Waals surface area contributed by atoms with Gasteiger partial charge in [-0.2, -0.15) is 0 Å². The van der Waals surface area contributed by atoms with E-state index < -0.39 is 6.04 Å². The van der Waals surface area contributed by atoms with Crippen LogP contribution in [0, 0.1) is 0 Å². The maximum atomic E-state index is 11.5. The summed E-state index contributed by atoms with van der Waals surface area (Å²) in [5.74, 6) is -0.233. The van der Waals surface area contributed by atoms with Crippen molar-refractivity contribution >= 4 is 11.8 Å². The molecule has 1 atom stereocenters. The lowest BCUT2D eigenvalue weighted by Crippen LogP contribution is -2.36. The van der Waals surface area contributed by atoms with Crippen LogP contribution < -0.4 is 0 Å². The van der Waals surface area contributed by atoms with Crippen molar-refractivity contribution < 1.29 is 14.3 Å². The largest absolute Gasteiger partial charge is 0.468 e. The van der Waals surface area contributed by atoms with Crippen molar-refractivity contribution in [1.29, 1.82) is 0 Å². The van der Waals surface area contributed by atoms with Gasteiger partial charge in [0, 0.05) is 13.0 Å². The molecule has 0 bridgehead atoms. The Labute approximate surface area is 100 Å². The fourth-order valence-corrected chi connectivity index (χ4v) is 2.10. The fourth-order valence-electron chi connectivity index (χ4n) is 2.10. The molecule has 1 aromatic rings. The number of carbonyl (C=O) groups excluding carboxylic acids is 2. The summed E-state index contributed by atoms with van der Waals surface area (Å²) in [6, 6.07) is 9.37. The molecule has 1 heterocycles. The molecule has 0 unspecified atom stereocenters. The van der Waals surface area contributed by atoms with Crippen molar-refractivity contribution in [2.24, 2.45) is 0 Å². The zero-order valence-corrected chi connectivity index (χ0v) is 9.76. The number of rotatable bonds is 3. The summed E-state index contributed by atoms with van der Waals surface area (Å²) in [4.78, 5) is 24.8. The lowest BCUT2D eigenvalue weighted by atomic mass is 10.2. The highest BCUT2D eigenvalue weighted by molar-refractivity contribution is 5.91. The van der Waals surface area contributed by atoms with Gasteiger partial charge in [0.05, 0.1) is 13.7 Å². The molecule has 0 N–H and O–H groups in total. The first-order chi connectivity index (χ1) is 8.20. The van der Waals surface area contributed by atoms with E-state index in [0.29, 0.717) is 13.1 Å². The van der Waals surface area contributed by atoms with Gasteiger partial charge in [-0.15, -0.1) is 0 Å². The molecule has 1 aromatic carbocycles. The zero-order chi connectivity index (χ0) is 12.3. The van der Waals surface area contributed by atoms with E-state index in [2.05, 4.69) is 0 Å². The molecule has 0 spiro atoms. The summed E-state index contributed by atoms with van der Waals surface area (Å²) in [6.45, 7) is 0.932. The SMILES string of the molecule is COC(=O)[C@@H]1CC(=O)CN1Cc1ccccc1. The van der Waals surface area contributed by atoms with Crippen LogP contribution in [-0.2, 0) is 20.9 Å². The predicted octanol–water partition coefficient (Wildman–Crippen LogP) is 1.00. The molecule has 1 fully saturated rings. The van der Waals surface area contributed by atoms with Crippen molar-refractivity contribution in [1.82, 2.24) is 4.90 Å². The summed E-state index contributed by atoms with van der Waals surface area (Å²) in [6.07, 6.45) is 0.263. The molecule has 0 aliphatic carbocycles. The molecular formula is C13H15NO3. The molecule has 0 aromatic heterocycles. The Balaban J connectivity index is 2.08. The van der Waals surface area contributed by atoms with Crippen LogP contribution >= 0.6 is 0 Å². The van der Waals surface area contributed by atoms with E-state index in [1.807, 2.05) is 35.2 Å². The number of hydrogen-bond donors (Lipinski definition) is 0. The maximum absolute atomic E-state index is 11.5. The standard InChI is InChI=1S/C13H15NO3/c1-17-13(16)12-7-11(15)9-14(12)8-10-5-3-2-4-6-10/h2-6,12H,7-9H2,1H3/t12-/m0/s1. The molecule has 17 heavy (non-hydrogen) atoms. The van der Waals surface area contributed by atoms with Crippen LogP contribution in [0.3, 0.4) is 0 Å². The number of ketones is 1. The van der Waals surface area contributed by atoms with E-state index in [1.54, 1.807) is 0 Å². The molecule has 0 amide bonds. The van der Waals surface area contributed by atoms with Crippen LogP contribution in [0.15, 0.2) is 30.3 Å². The molecule has 1 saturated heterocycles. The van der Waals surface area contributed by atoms with Crippen LogP contribution in [0.4, 0.5) is 0 Å². The predicted molar refractivity (Wildman–Crippen MR) is 62.3 cm³/mol. The third kappa shape index (κ3) is 2.71. The topological polar surface area (TPSA) is 46.6 Å². The minimum absolute atomic E-state index is 0.0938. The van der Waals surface area contributed by atoms with Gasteiger partial charge >= 0.3 is 5.97 Å². The van der Waals surface area contributed by atoms with E-state index in [9.17, 15) is 9.59 Å². The second-order valence-electron chi connectivity index (χ2n) is 4.17. The highest BCUT2D eigenvalue weighted by Crippen LogP contribution is 2.18. The molecule has 4 nitrogen and oxygen atoms in total. The third-order valence-electron chi connectivity index (χ3n) is 2.94. The Hall–Kier alpha value is -1.68. The van der Waals surface area contributed by atoms with Gasteiger partial charge in [0.25, 0.3) is 0 Å². The van der Waals surface area contributed by atoms with Crippen LogP contribution in [-0.4, -0.2) is 36.3 Å². The quantitative estimate of drug-likeness (QED) is 0.731. The molecule has 0 radical (unpaired) electrons. The van der Waals surface area contributed by atoms with Crippen molar-refractivity contribution in [3.63, 3.8) is 0 Å². The van der Waals surface area contributed by atoms with Crippen molar-refractivity contribution in [3.05, 3.63) is 35.9 Å². The minimum atomic E-state index is -0.423. The Kier molecular flexibility index (Phi) is 3.54. The average molecular weight is 233 g/mol. The first kappa shape index (κ1) is 11.8. The van der Waals surface area contributed by atoms with Gasteiger partial charge in [-0.1, -0.05) is 30.3 Å². The van der Waals surface area contributed by atoms with Gasteiger partial charge in [0.15, 0.2) is 0 Å². The van der Waals surface area contributed by atoms with E-state index in [4.69, 9.17) is 4.74 Å². The van der Waals surface area contributed by atoms with Crippen LogP contribution in [0.1, 0.15) is 12.0 Å². The van der Waals surface area contributed by atoms with Crippen LogP contribution in [0.25, 0.3) is 0 Å². The number of benzene rings is 1. The molecule has 4 heteroatoms. The summed E-state index contributed by atoms with van der Waals surface area (Å²) in [7, 11) is 1.35. The Morgan fingerprint density at radius 2 is 2.12 bits per heavy atom. The second-order valence-corrected chi connectivity index (χ2v) is 4.17. The highest BCUT2D eigenvalue weighted by atomic mass is 16.5. The lowest BCUT2D eigenvalue weighted by Gasteiger charge is -2.21. The summed E-state index contributed by atoms with van der Waals surface area (Å²) < 4.78 is 4.72. The zero-order valence-electron chi connectivity index (χ0n) is 9.76. The summed E-state index contributed by atoms with van der Waals surface area (Å²) >= 11 is 0. The number of nitrogens with zero attached hydrogens (tertiary/aromatic N) is 1. The van der Waals surface area contributed by atoms with Crippen molar-refractivity contribution in [2.45, 2.75) is 19.0 Å². The number of hydrogen-bond acceptors (Lipinski definition) is 4. The van der Waals surface area contributed by atoms with Gasteiger partial charge in [-0.25, -0.2) is 0 Å². The normalized spacial score (nSPS) is 20.5. The van der Waals surface area contributed by atoms with Crippen LogP contribution in [0.5, 0.6) is 0 Å². The van der Waals surface area contributed by atoms with Crippen molar-refractivity contribution in [3.8, 4) is 0 Å². The smallest absolute Gasteiger partial charge is 0.323 e. The monoisotopic (exact) mass is 233 g/mol. The lowest BCUT2D eigenvalue weighted by molar-refractivity contribution is -0.146. The molecule has 0 saturated carbocycles. The van der Waals surface area contributed by atoms with Gasteiger partial charge in [-0.3, -0.25) is 14.5 Å². The average Bonchev–Trinajstić information content (AvgIpc) is 2.70. The van der Waals surface area contributed by atoms with Gasteiger partial charge in [0.1, 0.15) is 11.8 Å². The number of ether oxygens (including phenoxy) is 1. The van der Waals surface area contributed by atoms with E-state index >= 15 is 0 Å². The van der Waals surface area contributed by atoms with Gasteiger partial charge in [-0.05, 0) is 5.56 Å². The van der Waals surface area contributed by atoms with Gasteiger partial charge in [0.2, 0.25) is 0 Å². The number of likely N-dealkylation sites (tertiary alicyclic amines) is 1. The Bertz CT molecular complexity index is 416. The number of esters is 1. The third-order valence-corrected chi connectivity index (χ3v) is 2.94. The van der Waals surface area contributed by atoms with E-state index in [-0.39, 0.29) is 18.2 Å². The van der Waals surface area contributed by atoms with E-state index in [0.717, 1.165) is 5.56 Å². The number of carbonyl (C=O) groups is 2. The molecule has 2 rings (SSSR count). The minimum Gasteiger partial charge on any atom is -0.468 e. The highest BCUT2D eigenvalue weighted by Gasteiger charge is 2.36. The first-order valence-corrected chi connectivity index (χ1v) is 5.58. The first-order valence-electron chi connectivity index (χ1n) is 5.58. The fraction of sp³-hybridized carbons (Fsp3) is 0.385. The van der Waals surface area contributed by atoms with Gasteiger partial charge < -0.3 is 4.74 Å². The molecule has 90 valence electrons. The number of Topliss-reactive ketones (excluding diaryl/α,β-unsaturated/α-hetero) is 1. The Morgan fingerprint density at radius 3 is 2.76 bits per heavy atom. The number of methoxy groups -OCH3 is 1. The maximum Gasteiger partial charge on any atom is 0.323 e. The van der Waals surface area contributed by atoms with E-state index in [1.165, 1.54) is 7.11 Å². The molecular weight excluding hydrogens is 218 g/mol. The summed E-state index contributed by atoms with van der Waals surface area (Å²) in [5, 5.41) is 0. The molecule has 1 aliphatic heterocycles. The Morgan fingerprint density at radius 1 is 1.41 bits per heavy atom. The second kappa shape index (κ2) is 5.10. The van der Waals surface area contributed by atoms with Crippen molar-refractivity contribution in [2.75, 3.05) is 13.7 Å². The summed E-state index contributed by atoms with van der Waals surface area (Å²) in [5.41, 5.74) is 1.09.